The van der Waals surface area contributed by atoms with Crippen LogP contribution in [0.1, 0.15) is 16.3 Å². The smallest absolute Gasteiger partial charge is 0.287 e. The normalized spacial score (nSPS) is 11.4. The van der Waals surface area contributed by atoms with Crippen LogP contribution in [-0.2, 0) is 16.6 Å². The third kappa shape index (κ3) is 4.25. The highest BCUT2D eigenvalue weighted by Gasteiger charge is 2.13. The van der Waals surface area contributed by atoms with Gasteiger partial charge in [0, 0.05) is 6.54 Å². The second-order valence-electron chi connectivity index (χ2n) is 3.95. The van der Waals surface area contributed by atoms with Gasteiger partial charge in [-0.2, -0.15) is 0 Å². The molecule has 2 aromatic heterocycles. The zero-order chi connectivity index (χ0) is 14.4. The molecule has 0 aliphatic rings. The van der Waals surface area contributed by atoms with Crippen LogP contribution in [0.3, 0.4) is 0 Å². The summed E-state index contributed by atoms with van der Waals surface area (Å²) in [5, 5.41) is 2.46. The molecule has 0 fully saturated rings. The fourth-order valence-electron chi connectivity index (χ4n) is 1.46. The zero-order valence-corrected chi connectivity index (χ0v) is 11.4. The van der Waals surface area contributed by atoms with E-state index in [0.717, 1.165) is 0 Å². The third-order valence-corrected chi connectivity index (χ3v) is 3.77. The van der Waals surface area contributed by atoms with Crippen LogP contribution < -0.4 is 10.0 Å². The predicted octanol–water partition coefficient (Wildman–Crippen LogP) is 0.722. The average molecular weight is 298 g/mol. The van der Waals surface area contributed by atoms with Gasteiger partial charge in [0.2, 0.25) is 10.0 Å². The summed E-state index contributed by atoms with van der Waals surface area (Å²) in [6, 6.07) is 6.42. The molecule has 2 heterocycles. The molecule has 2 N–H and O–H groups in total. The van der Waals surface area contributed by atoms with Gasteiger partial charge in [0.1, 0.15) is 5.76 Å². The largest absolute Gasteiger partial charge is 0.468 e. The van der Waals surface area contributed by atoms with Crippen molar-refractivity contribution in [3.05, 3.63) is 48.3 Å². The zero-order valence-electron chi connectivity index (χ0n) is 10.5. The number of rotatable bonds is 7. The van der Waals surface area contributed by atoms with E-state index in [1.807, 2.05) is 0 Å². The van der Waals surface area contributed by atoms with Gasteiger partial charge in [-0.05, 0) is 24.3 Å². The maximum absolute atomic E-state index is 11.7. The summed E-state index contributed by atoms with van der Waals surface area (Å²) >= 11 is 0. The topological polar surface area (TPSA) is 102 Å². The summed E-state index contributed by atoms with van der Waals surface area (Å²) in [5.74, 6) is -0.00413. The van der Waals surface area contributed by atoms with Crippen molar-refractivity contribution < 1.29 is 22.0 Å². The molecule has 20 heavy (non-hydrogen) atoms. The third-order valence-electron chi connectivity index (χ3n) is 2.45. The molecule has 0 unspecified atom stereocenters. The Kier molecular flexibility index (Phi) is 4.59. The molecule has 2 aromatic rings. The fourth-order valence-corrected chi connectivity index (χ4v) is 2.34. The van der Waals surface area contributed by atoms with Gasteiger partial charge in [-0.15, -0.1) is 0 Å². The van der Waals surface area contributed by atoms with E-state index in [1.54, 1.807) is 18.2 Å². The molecule has 0 bridgehead atoms. The highest BCUT2D eigenvalue weighted by Crippen LogP contribution is 2.00. The predicted molar refractivity (Wildman–Crippen MR) is 70.4 cm³/mol. The molecule has 0 saturated heterocycles. The van der Waals surface area contributed by atoms with Crippen molar-refractivity contribution in [3.8, 4) is 0 Å². The first-order valence-electron chi connectivity index (χ1n) is 5.88. The van der Waals surface area contributed by atoms with Gasteiger partial charge >= 0.3 is 0 Å². The van der Waals surface area contributed by atoms with Crippen molar-refractivity contribution in [1.82, 2.24) is 10.0 Å². The van der Waals surface area contributed by atoms with Crippen LogP contribution in [0.25, 0.3) is 0 Å². The van der Waals surface area contributed by atoms with Gasteiger partial charge in [0.05, 0.1) is 24.8 Å². The molecular formula is C12H14N2O5S. The maximum atomic E-state index is 11.7. The van der Waals surface area contributed by atoms with Crippen molar-refractivity contribution >= 4 is 15.9 Å². The average Bonchev–Trinajstić information content (AvgIpc) is 3.09. The molecule has 0 radical (unpaired) electrons. The lowest BCUT2D eigenvalue weighted by atomic mass is 10.4. The highest BCUT2D eigenvalue weighted by atomic mass is 32.2. The van der Waals surface area contributed by atoms with Crippen molar-refractivity contribution in [2.75, 3.05) is 12.3 Å². The Morgan fingerprint density at radius 3 is 2.55 bits per heavy atom. The van der Waals surface area contributed by atoms with Crippen molar-refractivity contribution in [2.45, 2.75) is 6.54 Å². The number of nitrogens with one attached hydrogen (secondary N) is 2. The first kappa shape index (κ1) is 14.4. The van der Waals surface area contributed by atoms with E-state index in [4.69, 9.17) is 8.83 Å². The Hall–Kier alpha value is -2.06. The lowest BCUT2D eigenvalue weighted by Crippen LogP contribution is -2.34. The first-order chi connectivity index (χ1) is 9.57. The van der Waals surface area contributed by atoms with Gasteiger partial charge in [0.15, 0.2) is 5.76 Å². The number of hydrogen-bond acceptors (Lipinski definition) is 5. The van der Waals surface area contributed by atoms with Crippen LogP contribution in [0.4, 0.5) is 0 Å². The number of furan rings is 2. The molecule has 7 nitrogen and oxygen atoms in total. The Bertz CT molecular complexity index is 631. The number of carbonyl (C=O) groups is 1. The number of carbonyl (C=O) groups excluding carboxylic acids is 1. The van der Waals surface area contributed by atoms with E-state index in [-0.39, 0.29) is 24.6 Å². The van der Waals surface area contributed by atoms with Crippen LogP contribution in [0, 0.1) is 0 Å². The molecule has 1 amide bonds. The van der Waals surface area contributed by atoms with Gasteiger partial charge in [0.25, 0.3) is 5.91 Å². The van der Waals surface area contributed by atoms with Gasteiger partial charge in [-0.25, -0.2) is 13.1 Å². The highest BCUT2D eigenvalue weighted by molar-refractivity contribution is 7.89. The minimum atomic E-state index is -3.48. The van der Waals surface area contributed by atoms with Gasteiger partial charge in [-0.1, -0.05) is 0 Å². The van der Waals surface area contributed by atoms with Gasteiger partial charge in [-0.3, -0.25) is 4.79 Å². The lowest BCUT2D eigenvalue weighted by Gasteiger charge is -2.06. The second-order valence-corrected chi connectivity index (χ2v) is 5.88. The minimum Gasteiger partial charge on any atom is -0.468 e. The maximum Gasteiger partial charge on any atom is 0.287 e. The van der Waals surface area contributed by atoms with Gasteiger partial charge < -0.3 is 14.2 Å². The molecule has 0 aromatic carbocycles. The van der Waals surface area contributed by atoms with E-state index in [0.29, 0.717) is 5.76 Å². The van der Waals surface area contributed by atoms with Crippen LogP contribution >= 0.6 is 0 Å². The van der Waals surface area contributed by atoms with Crippen LogP contribution in [0.5, 0.6) is 0 Å². The molecule has 108 valence electrons. The van der Waals surface area contributed by atoms with Crippen molar-refractivity contribution in [1.29, 1.82) is 0 Å². The molecule has 0 saturated carbocycles. The van der Waals surface area contributed by atoms with E-state index >= 15 is 0 Å². The molecule has 2 rings (SSSR count). The number of sulfonamides is 1. The first-order valence-corrected chi connectivity index (χ1v) is 7.53. The summed E-state index contributed by atoms with van der Waals surface area (Å²) in [6.45, 7) is 0.0779. The quantitative estimate of drug-likeness (QED) is 0.784. The van der Waals surface area contributed by atoms with Crippen LogP contribution in [0.2, 0.25) is 0 Å². The summed E-state index contributed by atoms with van der Waals surface area (Å²) < 4.78 is 35.6. The Morgan fingerprint density at radius 1 is 1.15 bits per heavy atom. The second kappa shape index (κ2) is 6.40. The van der Waals surface area contributed by atoms with E-state index in [2.05, 4.69) is 10.0 Å². The summed E-state index contributed by atoms with van der Waals surface area (Å²) in [4.78, 5) is 11.5. The van der Waals surface area contributed by atoms with E-state index in [1.165, 1.54) is 18.6 Å². The molecule has 0 aliphatic heterocycles. The molecule has 0 atom stereocenters. The van der Waals surface area contributed by atoms with Crippen molar-refractivity contribution in [2.24, 2.45) is 0 Å². The fraction of sp³-hybridized carbons (Fsp3) is 0.250. The minimum absolute atomic E-state index is 0.00692. The Morgan fingerprint density at radius 2 is 1.90 bits per heavy atom. The number of amides is 1. The molecule has 0 aliphatic carbocycles. The molecule has 0 spiro atoms. The summed E-state index contributed by atoms with van der Waals surface area (Å²) in [5.41, 5.74) is 0. The van der Waals surface area contributed by atoms with Crippen molar-refractivity contribution in [3.63, 3.8) is 0 Å². The monoisotopic (exact) mass is 298 g/mol. The SMILES string of the molecule is O=C(NCCS(=O)(=O)NCc1ccco1)c1ccco1. The number of hydrogen-bond donors (Lipinski definition) is 2. The summed E-state index contributed by atoms with van der Waals surface area (Å²) in [6.07, 6.45) is 2.84. The Labute approximate surface area is 116 Å². The van der Waals surface area contributed by atoms with Crippen LogP contribution in [0.15, 0.2) is 45.6 Å². The van der Waals surface area contributed by atoms with E-state index in [9.17, 15) is 13.2 Å². The molecular weight excluding hydrogens is 284 g/mol. The Balaban J connectivity index is 1.73. The molecule has 8 heteroatoms. The standard InChI is InChI=1S/C12H14N2O5S/c15-12(11-4-2-7-19-11)13-5-8-20(16,17)14-9-10-3-1-6-18-10/h1-4,6-7,14H,5,8-9H2,(H,13,15). The summed E-state index contributed by atoms with van der Waals surface area (Å²) in [7, 11) is -3.48. The van der Waals surface area contributed by atoms with Crippen LogP contribution in [-0.4, -0.2) is 26.6 Å². The lowest BCUT2D eigenvalue weighted by molar-refractivity contribution is 0.0928. The van der Waals surface area contributed by atoms with E-state index < -0.39 is 15.9 Å².